The molecular formula is C21H17N3O3S. The van der Waals surface area contributed by atoms with Gasteiger partial charge in [-0.25, -0.2) is 13.1 Å². The van der Waals surface area contributed by atoms with Crippen LogP contribution in [0, 0.1) is 0 Å². The summed E-state index contributed by atoms with van der Waals surface area (Å²) in [7, 11) is -2.72. The van der Waals surface area contributed by atoms with E-state index in [1.54, 1.807) is 30.3 Å². The van der Waals surface area contributed by atoms with Gasteiger partial charge in [0.05, 0.1) is 17.6 Å². The molecule has 0 aliphatic heterocycles. The highest BCUT2D eigenvalue weighted by molar-refractivity contribution is 7.73. The van der Waals surface area contributed by atoms with Gasteiger partial charge in [-0.1, -0.05) is 60.7 Å². The van der Waals surface area contributed by atoms with Crippen LogP contribution in [0.1, 0.15) is 5.56 Å². The first-order valence-corrected chi connectivity index (χ1v) is 9.85. The number of aromatic nitrogens is 2. The molecule has 0 spiro atoms. The second-order valence-corrected chi connectivity index (χ2v) is 7.03. The lowest BCUT2D eigenvalue weighted by Crippen LogP contribution is -2.24. The zero-order valence-corrected chi connectivity index (χ0v) is 15.7. The Balaban J connectivity index is 1.85. The van der Waals surface area contributed by atoms with Crippen LogP contribution < -0.4 is 10.3 Å². The molecule has 0 atom stereocenters. The van der Waals surface area contributed by atoms with E-state index in [0.29, 0.717) is 23.3 Å². The summed E-state index contributed by atoms with van der Waals surface area (Å²) in [5, 5.41) is 5.97. The molecule has 4 rings (SSSR count). The van der Waals surface area contributed by atoms with Crippen LogP contribution in [0.3, 0.4) is 0 Å². The van der Waals surface area contributed by atoms with E-state index in [-0.39, 0.29) is 5.56 Å². The lowest BCUT2D eigenvalue weighted by atomic mass is 10.0. The topological polar surface area (TPSA) is 81.1 Å². The van der Waals surface area contributed by atoms with Crippen molar-refractivity contribution in [2.24, 2.45) is 0 Å². The Morgan fingerprint density at radius 2 is 1.46 bits per heavy atom. The molecule has 1 aromatic heterocycles. The minimum absolute atomic E-state index is 0.148. The van der Waals surface area contributed by atoms with Gasteiger partial charge >= 0.3 is 0 Å². The van der Waals surface area contributed by atoms with Crippen LogP contribution in [-0.2, 0) is 17.4 Å². The fourth-order valence-electron chi connectivity index (χ4n) is 3.12. The van der Waals surface area contributed by atoms with Gasteiger partial charge in [-0.05, 0) is 23.8 Å². The first-order valence-electron chi connectivity index (χ1n) is 8.67. The maximum Gasteiger partial charge on any atom is 0.274 e. The van der Waals surface area contributed by atoms with Gasteiger partial charge < -0.3 is 0 Å². The molecular weight excluding hydrogens is 374 g/mol. The van der Waals surface area contributed by atoms with E-state index in [9.17, 15) is 13.2 Å². The summed E-state index contributed by atoms with van der Waals surface area (Å²) in [5.74, 6) is 0. The van der Waals surface area contributed by atoms with Gasteiger partial charge in [0.2, 0.25) is 10.9 Å². The summed E-state index contributed by atoms with van der Waals surface area (Å²) >= 11 is 0. The van der Waals surface area contributed by atoms with Crippen molar-refractivity contribution in [3.63, 3.8) is 0 Å². The Hall–Kier alpha value is -3.45. The first-order chi connectivity index (χ1) is 13.6. The molecule has 0 aliphatic rings. The van der Waals surface area contributed by atoms with Crippen LogP contribution in [-0.4, -0.2) is 18.2 Å². The van der Waals surface area contributed by atoms with E-state index in [0.717, 1.165) is 16.5 Å². The Morgan fingerprint density at radius 1 is 0.821 bits per heavy atom. The summed E-state index contributed by atoms with van der Waals surface area (Å²) in [6.07, 6.45) is 0. The standard InChI is InChI=1S/C21H17N3O3S/c25-21-19-9-5-4-8-18(19)20(16-10-12-17(13-11-16)23-28(26)27)22-24(21)14-15-6-2-1-3-7-15/h1-13,28H,14H2,(H,23,26,27). The van der Waals surface area contributed by atoms with Gasteiger partial charge in [-0.15, -0.1) is 0 Å². The van der Waals surface area contributed by atoms with Crippen LogP contribution in [0.25, 0.3) is 22.0 Å². The number of rotatable bonds is 5. The molecule has 0 bridgehead atoms. The number of nitrogens with one attached hydrogen (secondary N) is 1. The van der Waals surface area contributed by atoms with Gasteiger partial charge in [0.15, 0.2) is 0 Å². The highest BCUT2D eigenvalue weighted by Gasteiger charge is 2.12. The molecule has 0 saturated carbocycles. The van der Waals surface area contributed by atoms with Crippen molar-refractivity contribution in [3.05, 3.63) is 94.8 Å². The van der Waals surface area contributed by atoms with Gasteiger partial charge in [-0.3, -0.25) is 9.52 Å². The second kappa shape index (κ2) is 7.66. The van der Waals surface area contributed by atoms with Crippen LogP contribution in [0.4, 0.5) is 5.69 Å². The smallest absolute Gasteiger partial charge is 0.274 e. The minimum atomic E-state index is -2.72. The van der Waals surface area contributed by atoms with Crippen molar-refractivity contribution >= 4 is 27.4 Å². The lowest BCUT2D eigenvalue weighted by molar-refractivity contribution is 0.619. The first kappa shape index (κ1) is 17.9. The fourth-order valence-corrected chi connectivity index (χ4v) is 3.48. The normalized spacial score (nSPS) is 11.0. The summed E-state index contributed by atoms with van der Waals surface area (Å²) in [4.78, 5) is 12.9. The third-order valence-electron chi connectivity index (χ3n) is 4.42. The minimum Gasteiger partial charge on any atom is -0.286 e. The zero-order chi connectivity index (χ0) is 19.5. The maximum atomic E-state index is 12.9. The molecule has 140 valence electrons. The molecule has 0 unspecified atom stereocenters. The summed E-state index contributed by atoms with van der Waals surface area (Å²) < 4.78 is 25.5. The predicted octanol–water partition coefficient (Wildman–Crippen LogP) is 3.05. The summed E-state index contributed by atoms with van der Waals surface area (Å²) in [6.45, 7) is 0.369. The van der Waals surface area contributed by atoms with E-state index in [2.05, 4.69) is 9.82 Å². The molecule has 7 heteroatoms. The number of hydrogen-bond donors (Lipinski definition) is 2. The Labute approximate surface area is 163 Å². The molecule has 0 radical (unpaired) electrons. The number of hydrogen-bond acceptors (Lipinski definition) is 4. The second-order valence-electron chi connectivity index (χ2n) is 6.29. The highest BCUT2D eigenvalue weighted by Crippen LogP contribution is 2.26. The fraction of sp³-hybridized carbons (Fsp3) is 0.0476. The maximum absolute atomic E-state index is 12.9. The zero-order valence-electron chi connectivity index (χ0n) is 14.8. The molecule has 6 nitrogen and oxygen atoms in total. The van der Waals surface area contributed by atoms with Gasteiger partial charge in [0, 0.05) is 16.6 Å². The van der Waals surface area contributed by atoms with Crippen molar-refractivity contribution in [1.29, 1.82) is 0 Å². The van der Waals surface area contributed by atoms with Crippen molar-refractivity contribution in [3.8, 4) is 11.3 Å². The number of fused-ring (bicyclic) bond motifs is 1. The summed E-state index contributed by atoms with van der Waals surface area (Å²) in [5.41, 5.74) is 2.78. The Bertz CT molecular complexity index is 1260. The molecule has 1 N–H and O–H groups in total. The molecule has 4 aromatic rings. The molecule has 1 heterocycles. The SMILES string of the molecule is O=c1c2ccccc2c(-c2ccc(N[SH](=O)=O)cc2)nn1Cc1ccccc1. The average Bonchev–Trinajstić information content (AvgIpc) is 2.71. The van der Waals surface area contributed by atoms with E-state index in [4.69, 9.17) is 0 Å². The van der Waals surface area contributed by atoms with Crippen LogP contribution in [0.15, 0.2) is 83.7 Å². The van der Waals surface area contributed by atoms with Crippen LogP contribution in [0.5, 0.6) is 0 Å². The monoisotopic (exact) mass is 391 g/mol. The van der Waals surface area contributed by atoms with Crippen molar-refractivity contribution in [1.82, 2.24) is 9.78 Å². The van der Waals surface area contributed by atoms with Crippen LogP contribution >= 0.6 is 0 Å². The van der Waals surface area contributed by atoms with Gasteiger partial charge in [-0.2, -0.15) is 5.10 Å². The Kier molecular flexibility index (Phi) is 4.90. The van der Waals surface area contributed by atoms with Crippen molar-refractivity contribution in [2.75, 3.05) is 4.72 Å². The molecule has 0 saturated heterocycles. The quantitative estimate of drug-likeness (QED) is 0.513. The Morgan fingerprint density at radius 3 is 2.14 bits per heavy atom. The third kappa shape index (κ3) is 3.65. The number of thiol groups is 1. The van der Waals surface area contributed by atoms with Gasteiger partial charge in [0.1, 0.15) is 0 Å². The average molecular weight is 391 g/mol. The molecule has 3 aromatic carbocycles. The molecule has 0 aliphatic carbocycles. The van der Waals surface area contributed by atoms with E-state index < -0.39 is 10.9 Å². The lowest BCUT2D eigenvalue weighted by Gasteiger charge is -2.12. The predicted molar refractivity (Wildman–Crippen MR) is 111 cm³/mol. The van der Waals surface area contributed by atoms with Crippen molar-refractivity contribution < 1.29 is 8.42 Å². The van der Waals surface area contributed by atoms with E-state index in [1.165, 1.54) is 4.68 Å². The van der Waals surface area contributed by atoms with Crippen LogP contribution in [0.2, 0.25) is 0 Å². The highest BCUT2D eigenvalue weighted by atomic mass is 32.2. The molecule has 0 amide bonds. The van der Waals surface area contributed by atoms with Gasteiger partial charge in [0.25, 0.3) is 5.56 Å². The largest absolute Gasteiger partial charge is 0.286 e. The molecule has 28 heavy (non-hydrogen) atoms. The number of anilines is 1. The van der Waals surface area contributed by atoms with E-state index in [1.807, 2.05) is 48.5 Å². The number of benzene rings is 3. The summed E-state index contributed by atoms with van der Waals surface area (Å²) in [6, 6.07) is 24.0. The third-order valence-corrected chi connectivity index (χ3v) is 4.86. The molecule has 0 fully saturated rings. The van der Waals surface area contributed by atoms with E-state index >= 15 is 0 Å². The number of nitrogens with zero attached hydrogens (tertiary/aromatic N) is 2. The van der Waals surface area contributed by atoms with Crippen molar-refractivity contribution in [2.45, 2.75) is 6.54 Å².